The van der Waals surface area contributed by atoms with E-state index in [1.165, 1.54) is 12.0 Å². The molecule has 2 unspecified atom stereocenters. The van der Waals surface area contributed by atoms with E-state index in [4.69, 9.17) is 9.47 Å². The molecule has 7 heteroatoms. The average molecular weight is 426 g/mol. The minimum Gasteiger partial charge on any atom is -0.467 e. The van der Waals surface area contributed by atoms with Crippen molar-refractivity contribution in [2.45, 2.75) is 84.5 Å². The smallest absolute Gasteiger partial charge is 0.328 e. The van der Waals surface area contributed by atoms with Crippen LogP contribution >= 0.6 is 0 Å². The van der Waals surface area contributed by atoms with Gasteiger partial charge in [-0.2, -0.15) is 0 Å². The van der Waals surface area contributed by atoms with Crippen molar-refractivity contribution in [1.29, 1.82) is 0 Å². The summed E-state index contributed by atoms with van der Waals surface area (Å²) in [6.07, 6.45) is 3.76. The van der Waals surface area contributed by atoms with Gasteiger partial charge in [0.2, 0.25) is 5.91 Å². The first-order chi connectivity index (χ1) is 13.9. The Morgan fingerprint density at radius 1 is 1.27 bits per heavy atom. The first-order valence-electron chi connectivity index (χ1n) is 10.8. The summed E-state index contributed by atoms with van der Waals surface area (Å²) < 4.78 is 10.3. The van der Waals surface area contributed by atoms with E-state index >= 15 is 0 Å². The monoisotopic (exact) mass is 425 g/mol. The molecular weight excluding hydrogens is 386 g/mol. The Morgan fingerprint density at radius 2 is 1.90 bits per heavy atom. The van der Waals surface area contributed by atoms with Crippen molar-refractivity contribution in [2.24, 2.45) is 17.8 Å². The minimum atomic E-state index is -0.830. The van der Waals surface area contributed by atoms with Gasteiger partial charge in [0.1, 0.15) is 11.6 Å². The molecule has 172 valence electrons. The summed E-state index contributed by atoms with van der Waals surface area (Å²) >= 11 is 0. The Balaban J connectivity index is 3.05. The van der Waals surface area contributed by atoms with Gasteiger partial charge < -0.3 is 19.5 Å². The third kappa shape index (κ3) is 8.09. The lowest BCUT2D eigenvalue weighted by molar-refractivity contribution is -0.160. The zero-order valence-electron chi connectivity index (χ0n) is 19.3. The van der Waals surface area contributed by atoms with Crippen LogP contribution in [0.25, 0.3) is 0 Å². The van der Waals surface area contributed by atoms with Crippen molar-refractivity contribution >= 4 is 17.8 Å². The number of allylic oxidation sites excluding steroid dienone is 1. The van der Waals surface area contributed by atoms with Gasteiger partial charge in [0.05, 0.1) is 25.6 Å². The van der Waals surface area contributed by atoms with E-state index in [9.17, 15) is 19.5 Å². The number of β-amino-alcohol motifs (C(OH)–C–C–N with tert-alkyl or cyclic N) is 1. The molecule has 1 fully saturated rings. The van der Waals surface area contributed by atoms with E-state index in [2.05, 4.69) is 13.5 Å². The summed E-state index contributed by atoms with van der Waals surface area (Å²) in [4.78, 5) is 39.5. The van der Waals surface area contributed by atoms with Crippen LogP contribution in [-0.2, 0) is 23.9 Å². The van der Waals surface area contributed by atoms with Gasteiger partial charge in [0.15, 0.2) is 0 Å². The quantitative estimate of drug-likeness (QED) is 0.427. The number of nitrogens with zero attached hydrogens (tertiary/aromatic N) is 1. The highest BCUT2D eigenvalue weighted by Gasteiger charge is 2.43. The Kier molecular flexibility index (Phi) is 10.0. The molecule has 1 amide bonds. The maximum Gasteiger partial charge on any atom is 0.328 e. The van der Waals surface area contributed by atoms with Crippen molar-refractivity contribution in [1.82, 2.24) is 4.90 Å². The van der Waals surface area contributed by atoms with Crippen LogP contribution in [0.4, 0.5) is 0 Å². The number of amides is 1. The van der Waals surface area contributed by atoms with E-state index in [0.717, 1.165) is 19.3 Å². The molecule has 0 aromatic rings. The summed E-state index contributed by atoms with van der Waals surface area (Å²) in [6.45, 7) is 13.2. The second-order valence-electron chi connectivity index (χ2n) is 9.50. The highest BCUT2D eigenvalue weighted by Crippen LogP contribution is 2.31. The van der Waals surface area contributed by atoms with Gasteiger partial charge in [0, 0.05) is 13.0 Å². The molecule has 0 bridgehead atoms. The third-order valence-electron chi connectivity index (χ3n) is 5.48. The van der Waals surface area contributed by atoms with E-state index in [1.54, 1.807) is 20.8 Å². The van der Waals surface area contributed by atoms with Gasteiger partial charge in [-0.3, -0.25) is 9.59 Å². The summed E-state index contributed by atoms with van der Waals surface area (Å²) in [6, 6.07) is -0.830. The van der Waals surface area contributed by atoms with E-state index in [0.29, 0.717) is 5.92 Å². The molecule has 1 aliphatic rings. The molecular formula is C23H39NO6. The topological polar surface area (TPSA) is 93.1 Å². The number of aliphatic hydroxyl groups excluding tert-OH is 1. The first-order valence-corrected chi connectivity index (χ1v) is 10.8. The predicted octanol–water partition coefficient (Wildman–Crippen LogP) is 3.10. The standard InChI is InChI=1S/C23H39NO6/c1-8-9-10-15(2)11-16(3)18(13-20(26)30-23(4,5)6)21(27)24-14-17(25)12-19(24)22(28)29-7/h8,15-19,25H,1,9-14H2,2-7H3/t15?,16-,17-,18?,19+/m1/s1. The number of rotatable bonds is 10. The molecule has 1 N–H and O–H groups in total. The molecule has 0 aliphatic carbocycles. The van der Waals surface area contributed by atoms with Crippen molar-refractivity contribution in [3.05, 3.63) is 12.7 Å². The maximum atomic E-state index is 13.4. The van der Waals surface area contributed by atoms with E-state index in [1.807, 2.05) is 13.0 Å². The Labute approximate surface area is 180 Å². The van der Waals surface area contributed by atoms with Crippen LogP contribution in [0.3, 0.4) is 0 Å². The molecule has 1 aliphatic heterocycles. The molecule has 0 radical (unpaired) electrons. The molecule has 1 saturated heterocycles. The van der Waals surface area contributed by atoms with E-state index in [-0.39, 0.29) is 31.2 Å². The highest BCUT2D eigenvalue weighted by molar-refractivity contribution is 5.89. The van der Waals surface area contributed by atoms with Gasteiger partial charge in [-0.05, 0) is 51.9 Å². The third-order valence-corrected chi connectivity index (χ3v) is 5.48. The number of hydrogen-bond donors (Lipinski definition) is 1. The molecule has 1 heterocycles. The van der Waals surface area contributed by atoms with Gasteiger partial charge in [-0.15, -0.1) is 6.58 Å². The highest BCUT2D eigenvalue weighted by atomic mass is 16.6. The molecule has 7 nitrogen and oxygen atoms in total. The predicted molar refractivity (Wildman–Crippen MR) is 114 cm³/mol. The fourth-order valence-electron chi connectivity index (χ4n) is 4.04. The number of esters is 2. The van der Waals surface area contributed by atoms with Crippen molar-refractivity contribution in [3.63, 3.8) is 0 Å². The summed E-state index contributed by atoms with van der Waals surface area (Å²) in [5.74, 6) is -1.68. The second kappa shape index (κ2) is 11.5. The molecule has 0 spiro atoms. The lowest BCUT2D eigenvalue weighted by Gasteiger charge is -2.32. The van der Waals surface area contributed by atoms with Crippen LogP contribution in [0.1, 0.15) is 66.7 Å². The van der Waals surface area contributed by atoms with Gasteiger partial charge in [0.25, 0.3) is 0 Å². The lowest BCUT2D eigenvalue weighted by atomic mass is 9.82. The van der Waals surface area contributed by atoms with Gasteiger partial charge >= 0.3 is 11.9 Å². The average Bonchev–Trinajstić information content (AvgIpc) is 3.03. The summed E-state index contributed by atoms with van der Waals surface area (Å²) in [5, 5.41) is 10.1. The number of hydrogen-bond acceptors (Lipinski definition) is 6. The number of ether oxygens (including phenoxy) is 2. The maximum absolute atomic E-state index is 13.4. The number of aliphatic hydroxyl groups is 1. The zero-order valence-corrected chi connectivity index (χ0v) is 19.3. The molecule has 30 heavy (non-hydrogen) atoms. The van der Waals surface area contributed by atoms with E-state index < -0.39 is 35.6 Å². The zero-order chi connectivity index (χ0) is 23.1. The molecule has 0 aromatic heterocycles. The van der Waals surface area contributed by atoms with Crippen LogP contribution in [0.5, 0.6) is 0 Å². The second-order valence-corrected chi connectivity index (χ2v) is 9.50. The first kappa shape index (κ1) is 26.1. The number of carbonyl (C=O) groups excluding carboxylic acids is 3. The fourth-order valence-corrected chi connectivity index (χ4v) is 4.04. The minimum absolute atomic E-state index is 0.0577. The Bertz CT molecular complexity index is 611. The van der Waals surface area contributed by atoms with Crippen LogP contribution < -0.4 is 0 Å². The van der Waals surface area contributed by atoms with Crippen LogP contribution in [0.15, 0.2) is 12.7 Å². The molecule has 1 rings (SSSR count). The molecule has 0 aromatic carbocycles. The Morgan fingerprint density at radius 3 is 2.43 bits per heavy atom. The van der Waals surface area contributed by atoms with Gasteiger partial charge in [-0.25, -0.2) is 4.79 Å². The fraction of sp³-hybridized carbons (Fsp3) is 0.783. The molecule has 0 saturated carbocycles. The van der Waals surface area contributed by atoms with Crippen molar-refractivity contribution < 1.29 is 29.0 Å². The number of likely N-dealkylation sites (tertiary alicyclic amines) is 1. The number of methoxy groups -OCH3 is 1. The number of carbonyl (C=O) groups is 3. The van der Waals surface area contributed by atoms with Crippen LogP contribution in [0, 0.1) is 17.8 Å². The van der Waals surface area contributed by atoms with Gasteiger partial charge in [-0.1, -0.05) is 19.9 Å². The lowest BCUT2D eigenvalue weighted by Crippen LogP contribution is -2.46. The summed E-state index contributed by atoms with van der Waals surface area (Å²) in [5.41, 5.74) is -0.649. The van der Waals surface area contributed by atoms with Crippen LogP contribution in [0.2, 0.25) is 0 Å². The van der Waals surface area contributed by atoms with Crippen LogP contribution in [-0.4, -0.2) is 59.3 Å². The SMILES string of the molecule is C=CCCC(C)C[C@@H](C)C(CC(=O)OC(C)(C)C)C(=O)N1C[C@H](O)C[C@H]1C(=O)OC. The Hall–Kier alpha value is -1.89. The van der Waals surface area contributed by atoms with Crippen molar-refractivity contribution in [2.75, 3.05) is 13.7 Å². The molecule has 5 atom stereocenters. The summed E-state index contributed by atoms with van der Waals surface area (Å²) in [7, 11) is 1.26. The normalized spacial score (nSPS) is 22.2. The van der Waals surface area contributed by atoms with Crippen molar-refractivity contribution in [3.8, 4) is 0 Å². The largest absolute Gasteiger partial charge is 0.467 e.